The van der Waals surface area contributed by atoms with E-state index < -0.39 is 0 Å². The van der Waals surface area contributed by atoms with Gasteiger partial charge in [0.15, 0.2) is 0 Å². The van der Waals surface area contributed by atoms with E-state index >= 15 is 0 Å². The highest BCUT2D eigenvalue weighted by Gasteiger charge is 2.05. The first kappa shape index (κ1) is 17.0. The minimum atomic E-state index is -0.280. The van der Waals surface area contributed by atoms with Gasteiger partial charge in [-0.15, -0.1) is 0 Å². The number of carbonyl (C=O) groups excluding carboxylic acids is 1. The van der Waals surface area contributed by atoms with Crippen LogP contribution in [0.3, 0.4) is 0 Å². The number of rotatable bonds is 4. The van der Waals surface area contributed by atoms with Crippen LogP contribution in [0.1, 0.15) is 27.2 Å². The van der Waals surface area contributed by atoms with Crippen LogP contribution in [-0.2, 0) is 0 Å². The Morgan fingerprint density at radius 2 is 1.84 bits per heavy atom. The van der Waals surface area contributed by atoms with Gasteiger partial charge in [0.1, 0.15) is 0 Å². The lowest BCUT2D eigenvalue weighted by Gasteiger charge is -2.09. The van der Waals surface area contributed by atoms with E-state index in [4.69, 9.17) is 11.6 Å². The summed E-state index contributed by atoms with van der Waals surface area (Å²) in [5.74, 6) is -0.280. The van der Waals surface area contributed by atoms with Gasteiger partial charge in [-0.3, -0.25) is 4.79 Å². The van der Waals surface area contributed by atoms with Crippen molar-refractivity contribution in [2.75, 3.05) is 0 Å². The molecule has 2 aromatic carbocycles. The van der Waals surface area contributed by atoms with E-state index in [1.165, 1.54) is 11.1 Å². The first-order valence-electron chi connectivity index (χ1n) is 7.88. The maximum atomic E-state index is 12.0. The second-order valence-electron chi connectivity index (χ2n) is 5.78. The molecule has 4 nitrogen and oxygen atoms in total. The summed E-state index contributed by atoms with van der Waals surface area (Å²) in [5.41, 5.74) is 7.44. The number of halogens is 1. The Morgan fingerprint density at radius 3 is 2.56 bits per heavy atom. The summed E-state index contributed by atoms with van der Waals surface area (Å²) in [7, 11) is 0. The lowest BCUT2D eigenvalue weighted by atomic mass is 10.1. The maximum Gasteiger partial charge on any atom is 0.271 e. The lowest BCUT2D eigenvalue weighted by molar-refractivity contribution is 0.0955. The fraction of sp³-hybridized carbons (Fsp3) is 0.100. The molecule has 0 aliphatic rings. The summed E-state index contributed by atoms with van der Waals surface area (Å²) in [6.07, 6.45) is 3.59. The Labute approximate surface area is 151 Å². The fourth-order valence-corrected chi connectivity index (χ4v) is 2.56. The standard InChI is InChI=1S/C20H18ClN3O/c1-14-5-10-18(12-15(14)2)24-11-3-4-19(24)13-22-23-20(25)16-6-8-17(21)9-7-16/h3-13H,1-2H3,(H,23,25)/b22-13-. The van der Waals surface area contributed by atoms with Crippen molar-refractivity contribution in [3.05, 3.63) is 88.2 Å². The number of aryl methyl sites for hydroxylation is 2. The van der Waals surface area contributed by atoms with Crippen molar-refractivity contribution in [2.24, 2.45) is 5.10 Å². The molecule has 0 atom stereocenters. The van der Waals surface area contributed by atoms with Gasteiger partial charge < -0.3 is 4.57 Å². The number of nitrogens with one attached hydrogen (secondary N) is 1. The minimum absolute atomic E-state index is 0.280. The third-order valence-corrected chi connectivity index (χ3v) is 4.27. The second-order valence-corrected chi connectivity index (χ2v) is 6.21. The normalized spacial score (nSPS) is 11.0. The smallest absolute Gasteiger partial charge is 0.271 e. The second kappa shape index (κ2) is 7.36. The van der Waals surface area contributed by atoms with E-state index in [1.54, 1.807) is 30.5 Å². The Hall–Kier alpha value is -2.85. The number of carbonyl (C=O) groups is 1. The molecule has 0 saturated heterocycles. The molecule has 3 rings (SSSR count). The van der Waals surface area contributed by atoms with E-state index in [2.05, 4.69) is 42.6 Å². The van der Waals surface area contributed by atoms with E-state index in [0.717, 1.165) is 11.4 Å². The molecule has 0 aliphatic carbocycles. The number of benzene rings is 2. The van der Waals surface area contributed by atoms with Crippen molar-refractivity contribution in [1.82, 2.24) is 9.99 Å². The van der Waals surface area contributed by atoms with E-state index in [-0.39, 0.29) is 5.91 Å². The van der Waals surface area contributed by atoms with Crippen LogP contribution in [0.25, 0.3) is 5.69 Å². The summed E-state index contributed by atoms with van der Waals surface area (Å²) in [6.45, 7) is 4.17. The molecule has 1 amide bonds. The molecule has 0 bridgehead atoms. The van der Waals surface area contributed by atoms with Gasteiger partial charge in [-0.05, 0) is 73.5 Å². The number of amides is 1. The molecule has 1 heterocycles. The Kier molecular flexibility index (Phi) is 5.00. The predicted octanol–water partition coefficient (Wildman–Crippen LogP) is 4.51. The molecule has 5 heteroatoms. The van der Waals surface area contributed by atoms with Gasteiger partial charge in [0.2, 0.25) is 0 Å². The third-order valence-electron chi connectivity index (χ3n) is 4.02. The average Bonchev–Trinajstić information content (AvgIpc) is 3.06. The predicted molar refractivity (Wildman–Crippen MR) is 102 cm³/mol. The Balaban J connectivity index is 1.74. The zero-order valence-corrected chi connectivity index (χ0v) is 14.8. The Morgan fingerprint density at radius 1 is 1.08 bits per heavy atom. The molecule has 0 aliphatic heterocycles. The largest absolute Gasteiger partial charge is 0.316 e. The van der Waals surface area contributed by atoms with E-state index in [0.29, 0.717) is 10.6 Å². The zero-order valence-electron chi connectivity index (χ0n) is 14.0. The van der Waals surface area contributed by atoms with Crippen LogP contribution in [0.15, 0.2) is 65.9 Å². The maximum absolute atomic E-state index is 12.0. The molecular weight excluding hydrogens is 334 g/mol. The van der Waals surface area contributed by atoms with Crippen molar-refractivity contribution >= 4 is 23.7 Å². The van der Waals surface area contributed by atoms with Crippen molar-refractivity contribution in [1.29, 1.82) is 0 Å². The molecule has 0 spiro atoms. The number of hydrazone groups is 1. The van der Waals surface area contributed by atoms with Gasteiger partial charge in [0, 0.05) is 22.5 Å². The summed E-state index contributed by atoms with van der Waals surface area (Å²) in [5, 5.41) is 4.65. The molecule has 0 fully saturated rings. The van der Waals surface area contributed by atoms with Gasteiger partial charge in [-0.1, -0.05) is 17.7 Å². The summed E-state index contributed by atoms with van der Waals surface area (Å²) >= 11 is 5.82. The van der Waals surface area contributed by atoms with Crippen LogP contribution in [0.4, 0.5) is 0 Å². The van der Waals surface area contributed by atoms with Crippen LogP contribution < -0.4 is 5.43 Å². The van der Waals surface area contributed by atoms with Crippen LogP contribution in [-0.4, -0.2) is 16.7 Å². The highest BCUT2D eigenvalue weighted by Crippen LogP contribution is 2.16. The topological polar surface area (TPSA) is 46.4 Å². The van der Waals surface area contributed by atoms with Gasteiger partial charge in [0.25, 0.3) is 5.91 Å². The quantitative estimate of drug-likeness (QED) is 0.545. The van der Waals surface area contributed by atoms with Gasteiger partial charge >= 0.3 is 0 Å². The molecule has 1 aromatic heterocycles. The fourth-order valence-electron chi connectivity index (χ4n) is 2.43. The van der Waals surface area contributed by atoms with Crippen molar-refractivity contribution in [3.63, 3.8) is 0 Å². The van der Waals surface area contributed by atoms with Crippen LogP contribution in [0, 0.1) is 13.8 Å². The number of hydrogen-bond donors (Lipinski definition) is 1. The molecule has 25 heavy (non-hydrogen) atoms. The van der Waals surface area contributed by atoms with Crippen molar-refractivity contribution in [2.45, 2.75) is 13.8 Å². The number of aromatic nitrogens is 1. The summed E-state index contributed by atoms with van der Waals surface area (Å²) < 4.78 is 2.02. The van der Waals surface area contributed by atoms with Crippen molar-refractivity contribution < 1.29 is 4.79 Å². The molecular formula is C20H18ClN3O. The Bertz CT molecular complexity index is 926. The molecule has 0 saturated carbocycles. The van der Waals surface area contributed by atoms with E-state index in [1.807, 2.05) is 22.9 Å². The third kappa shape index (κ3) is 3.98. The van der Waals surface area contributed by atoms with Gasteiger partial charge in [-0.2, -0.15) is 5.10 Å². The average molecular weight is 352 g/mol. The zero-order chi connectivity index (χ0) is 17.8. The summed E-state index contributed by atoms with van der Waals surface area (Å²) in [4.78, 5) is 12.0. The van der Waals surface area contributed by atoms with Crippen molar-refractivity contribution in [3.8, 4) is 5.69 Å². The van der Waals surface area contributed by atoms with Crippen LogP contribution >= 0.6 is 11.6 Å². The first-order valence-corrected chi connectivity index (χ1v) is 8.26. The minimum Gasteiger partial charge on any atom is -0.316 e. The van der Waals surface area contributed by atoms with Gasteiger partial charge in [0.05, 0.1) is 11.9 Å². The molecule has 0 radical (unpaired) electrons. The monoisotopic (exact) mass is 351 g/mol. The van der Waals surface area contributed by atoms with Gasteiger partial charge in [-0.25, -0.2) is 5.43 Å². The summed E-state index contributed by atoms with van der Waals surface area (Å²) in [6, 6.07) is 16.8. The van der Waals surface area contributed by atoms with Crippen LogP contribution in [0.2, 0.25) is 5.02 Å². The van der Waals surface area contributed by atoms with E-state index in [9.17, 15) is 4.79 Å². The molecule has 3 aromatic rings. The van der Waals surface area contributed by atoms with Crippen LogP contribution in [0.5, 0.6) is 0 Å². The highest BCUT2D eigenvalue weighted by atomic mass is 35.5. The molecule has 126 valence electrons. The highest BCUT2D eigenvalue weighted by molar-refractivity contribution is 6.30. The SMILES string of the molecule is Cc1ccc(-n2cccc2/C=N\NC(=O)c2ccc(Cl)cc2)cc1C. The number of hydrogen-bond acceptors (Lipinski definition) is 2. The molecule has 1 N–H and O–H groups in total. The lowest BCUT2D eigenvalue weighted by Crippen LogP contribution is -2.17. The molecule has 0 unspecified atom stereocenters. The number of nitrogens with zero attached hydrogens (tertiary/aromatic N) is 2. The first-order chi connectivity index (χ1) is 12.0.